The zero-order valence-electron chi connectivity index (χ0n) is 9.66. The maximum atomic E-state index is 12.0. The summed E-state index contributed by atoms with van der Waals surface area (Å²) in [6.45, 7) is 1.65. The van der Waals surface area contributed by atoms with Gasteiger partial charge in [0.1, 0.15) is 5.75 Å². The van der Waals surface area contributed by atoms with E-state index in [-0.39, 0.29) is 12.2 Å². The number of rotatable bonds is 4. The van der Waals surface area contributed by atoms with Crippen LogP contribution in [0.5, 0.6) is 5.75 Å². The summed E-state index contributed by atoms with van der Waals surface area (Å²) in [5.74, 6) is 0.0619. The molecule has 0 saturated heterocycles. The standard InChI is InChI=1S/C11H14N2O3S/c1-3-11(8-12)17(15,16)13(2)9-4-6-10(14)7-5-9/h4-7,11,14H,3H2,1-2H3. The molecule has 0 radical (unpaired) electrons. The second-order valence-electron chi connectivity index (χ2n) is 3.55. The van der Waals surface area contributed by atoms with Crippen molar-refractivity contribution in [3.63, 3.8) is 0 Å². The molecule has 1 N–H and O–H groups in total. The third-order valence-electron chi connectivity index (χ3n) is 2.47. The normalized spacial score (nSPS) is 12.8. The second kappa shape index (κ2) is 5.06. The molecule has 0 heterocycles. The van der Waals surface area contributed by atoms with Gasteiger partial charge in [0, 0.05) is 7.05 Å². The molecular weight excluding hydrogens is 240 g/mol. The van der Waals surface area contributed by atoms with Crippen LogP contribution in [0, 0.1) is 11.3 Å². The monoisotopic (exact) mass is 254 g/mol. The zero-order valence-corrected chi connectivity index (χ0v) is 10.5. The van der Waals surface area contributed by atoms with E-state index in [1.807, 2.05) is 0 Å². The van der Waals surface area contributed by atoms with Gasteiger partial charge in [-0.2, -0.15) is 5.26 Å². The minimum Gasteiger partial charge on any atom is -0.508 e. The summed E-state index contributed by atoms with van der Waals surface area (Å²) in [6.07, 6.45) is 0.237. The third kappa shape index (κ3) is 2.68. The Kier molecular flexibility index (Phi) is 3.97. The largest absolute Gasteiger partial charge is 0.508 e. The van der Waals surface area contributed by atoms with Gasteiger partial charge < -0.3 is 5.11 Å². The van der Waals surface area contributed by atoms with Crippen LogP contribution in [0.4, 0.5) is 5.69 Å². The average molecular weight is 254 g/mol. The van der Waals surface area contributed by atoms with E-state index < -0.39 is 15.3 Å². The van der Waals surface area contributed by atoms with Gasteiger partial charge in [-0.3, -0.25) is 4.31 Å². The molecule has 1 aromatic carbocycles. The number of anilines is 1. The molecule has 0 aliphatic carbocycles. The number of hydrogen-bond acceptors (Lipinski definition) is 4. The van der Waals surface area contributed by atoms with Crippen LogP contribution in [-0.2, 0) is 10.0 Å². The fraction of sp³-hybridized carbons (Fsp3) is 0.364. The van der Waals surface area contributed by atoms with E-state index in [1.165, 1.54) is 31.3 Å². The predicted molar refractivity (Wildman–Crippen MR) is 65.1 cm³/mol. The number of nitriles is 1. The Labute approximate surface area is 101 Å². The number of hydrogen-bond donors (Lipinski definition) is 1. The smallest absolute Gasteiger partial charge is 0.251 e. The van der Waals surface area contributed by atoms with Gasteiger partial charge in [-0.1, -0.05) is 6.92 Å². The van der Waals surface area contributed by atoms with Crippen molar-refractivity contribution >= 4 is 15.7 Å². The highest BCUT2D eigenvalue weighted by Gasteiger charge is 2.28. The lowest BCUT2D eigenvalue weighted by Gasteiger charge is -2.21. The Morgan fingerprint density at radius 1 is 1.41 bits per heavy atom. The molecule has 6 heteroatoms. The highest BCUT2D eigenvalue weighted by Crippen LogP contribution is 2.22. The SMILES string of the molecule is CCC(C#N)S(=O)(=O)N(C)c1ccc(O)cc1. The van der Waals surface area contributed by atoms with Crippen LogP contribution in [0.2, 0.25) is 0 Å². The van der Waals surface area contributed by atoms with Crippen LogP contribution in [0.15, 0.2) is 24.3 Å². The van der Waals surface area contributed by atoms with Gasteiger partial charge in [-0.05, 0) is 30.7 Å². The minimum atomic E-state index is -3.68. The maximum Gasteiger partial charge on any atom is 0.251 e. The minimum absolute atomic E-state index is 0.0619. The van der Waals surface area contributed by atoms with Gasteiger partial charge in [-0.15, -0.1) is 0 Å². The Morgan fingerprint density at radius 2 is 1.94 bits per heavy atom. The van der Waals surface area contributed by atoms with E-state index >= 15 is 0 Å². The van der Waals surface area contributed by atoms with Crippen molar-refractivity contribution in [3.8, 4) is 11.8 Å². The molecule has 1 rings (SSSR count). The molecule has 0 bridgehead atoms. The van der Waals surface area contributed by atoms with Crippen LogP contribution in [-0.4, -0.2) is 25.8 Å². The van der Waals surface area contributed by atoms with Gasteiger partial charge in [-0.25, -0.2) is 8.42 Å². The first-order chi connectivity index (χ1) is 7.93. The summed E-state index contributed by atoms with van der Waals surface area (Å²) in [4.78, 5) is 0. The molecule has 0 spiro atoms. The van der Waals surface area contributed by atoms with E-state index in [0.29, 0.717) is 5.69 Å². The Bertz CT molecular complexity index is 517. The third-order valence-corrected chi connectivity index (χ3v) is 4.60. The van der Waals surface area contributed by atoms with Crippen LogP contribution >= 0.6 is 0 Å². The number of nitrogens with zero attached hydrogens (tertiary/aromatic N) is 2. The first-order valence-corrected chi connectivity index (χ1v) is 6.60. The Morgan fingerprint density at radius 3 is 2.35 bits per heavy atom. The fourth-order valence-electron chi connectivity index (χ4n) is 1.37. The molecule has 0 saturated carbocycles. The van der Waals surface area contributed by atoms with Crippen molar-refractivity contribution in [2.75, 3.05) is 11.4 Å². The first kappa shape index (κ1) is 13.3. The molecule has 5 nitrogen and oxygen atoms in total. The summed E-state index contributed by atoms with van der Waals surface area (Å²) < 4.78 is 25.1. The topological polar surface area (TPSA) is 81.4 Å². The molecule has 17 heavy (non-hydrogen) atoms. The number of benzene rings is 1. The van der Waals surface area contributed by atoms with Crippen LogP contribution < -0.4 is 4.31 Å². The summed E-state index contributed by atoms with van der Waals surface area (Å²) in [6, 6.07) is 7.54. The van der Waals surface area contributed by atoms with E-state index in [2.05, 4.69) is 0 Å². The summed E-state index contributed by atoms with van der Waals surface area (Å²) in [5, 5.41) is 16.9. The number of sulfonamides is 1. The molecular formula is C11H14N2O3S. The van der Waals surface area contributed by atoms with Gasteiger partial charge in [0.15, 0.2) is 5.25 Å². The van der Waals surface area contributed by atoms with Crippen molar-refractivity contribution < 1.29 is 13.5 Å². The Balaban J connectivity index is 3.09. The quantitative estimate of drug-likeness (QED) is 0.882. The molecule has 0 aromatic heterocycles. The number of aromatic hydroxyl groups is 1. The van der Waals surface area contributed by atoms with E-state index in [9.17, 15) is 8.42 Å². The van der Waals surface area contributed by atoms with Crippen molar-refractivity contribution in [2.45, 2.75) is 18.6 Å². The first-order valence-electron chi connectivity index (χ1n) is 5.10. The van der Waals surface area contributed by atoms with Crippen LogP contribution in [0.25, 0.3) is 0 Å². The lowest BCUT2D eigenvalue weighted by molar-refractivity contribution is 0.475. The van der Waals surface area contributed by atoms with Gasteiger partial charge in [0.05, 0.1) is 11.8 Å². The summed E-state index contributed by atoms with van der Waals surface area (Å²) in [7, 11) is -2.29. The van der Waals surface area contributed by atoms with E-state index in [0.717, 1.165) is 4.31 Å². The number of phenolic OH excluding ortho intramolecular Hbond substituents is 1. The molecule has 0 fully saturated rings. The van der Waals surface area contributed by atoms with Crippen LogP contribution in [0.3, 0.4) is 0 Å². The van der Waals surface area contributed by atoms with Crippen molar-refractivity contribution in [1.82, 2.24) is 0 Å². The predicted octanol–water partition coefficient (Wildman–Crippen LogP) is 1.46. The molecule has 92 valence electrons. The molecule has 0 aliphatic rings. The van der Waals surface area contributed by atoms with Crippen LogP contribution in [0.1, 0.15) is 13.3 Å². The molecule has 0 aliphatic heterocycles. The zero-order chi connectivity index (χ0) is 13.1. The molecule has 0 amide bonds. The lowest BCUT2D eigenvalue weighted by atomic mass is 10.3. The van der Waals surface area contributed by atoms with Crippen molar-refractivity contribution in [1.29, 1.82) is 5.26 Å². The van der Waals surface area contributed by atoms with Gasteiger partial charge >= 0.3 is 0 Å². The van der Waals surface area contributed by atoms with Crippen molar-refractivity contribution in [3.05, 3.63) is 24.3 Å². The summed E-state index contributed by atoms with van der Waals surface area (Å²) in [5.41, 5.74) is 0.413. The Hall–Kier alpha value is -1.74. The fourth-order valence-corrected chi connectivity index (χ4v) is 2.72. The summed E-state index contributed by atoms with van der Waals surface area (Å²) >= 11 is 0. The van der Waals surface area contributed by atoms with E-state index in [1.54, 1.807) is 13.0 Å². The highest BCUT2D eigenvalue weighted by molar-refractivity contribution is 7.93. The average Bonchev–Trinajstić information content (AvgIpc) is 2.30. The maximum absolute atomic E-state index is 12.0. The van der Waals surface area contributed by atoms with Crippen molar-refractivity contribution in [2.24, 2.45) is 0 Å². The molecule has 1 aromatic rings. The van der Waals surface area contributed by atoms with E-state index in [4.69, 9.17) is 10.4 Å². The number of phenols is 1. The molecule has 1 unspecified atom stereocenters. The van der Waals surface area contributed by atoms with Gasteiger partial charge in [0.2, 0.25) is 0 Å². The lowest BCUT2D eigenvalue weighted by Crippen LogP contribution is -2.35. The second-order valence-corrected chi connectivity index (χ2v) is 5.70. The molecule has 1 atom stereocenters. The highest BCUT2D eigenvalue weighted by atomic mass is 32.2. The van der Waals surface area contributed by atoms with Gasteiger partial charge in [0.25, 0.3) is 10.0 Å².